The first kappa shape index (κ1) is 9.68. The van der Waals surface area contributed by atoms with Gasteiger partial charge in [-0.05, 0) is 5.75 Å². The Labute approximate surface area is 80.9 Å². The lowest BCUT2D eigenvalue weighted by Gasteiger charge is -2.04. The smallest absolute Gasteiger partial charge is 0.126 e. The molecule has 0 aliphatic carbocycles. The predicted octanol–water partition coefficient (Wildman–Crippen LogP) is 1.23. The largest absolute Gasteiger partial charge is 0.397 e. The molecule has 4 N–H and O–H groups in total. The van der Waals surface area contributed by atoms with Crippen LogP contribution in [0.2, 0.25) is 0 Å². The van der Waals surface area contributed by atoms with Crippen molar-refractivity contribution in [2.45, 2.75) is 11.9 Å². The summed E-state index contributed by atoms with van der Waals surface area (Å²) in [6, 6.07) is 3.51. The zero-order valence-corrected chi connectivity index (χ0v) is 8.06. The molecule has 0 radical (unpaired) electrons. The van der Waals surface area contributed by atoms with E-state index in [1.54, 1.807) is 0 Å². The molecule has 1 rings (SSSR count). The molecule has 68 valence electrons. The zero-order chi connectivity index (χ0) is 9.84. The molecule has 0 amide bonds. The lowest BCUT2D eigenvalue weighted by Crippen LogP contribution is -2.00. The molecular formula is C8H10N4S. The van der Waals surface area contributed by atoms with Crippen molar-refractivity contribution in [3.8, 4) is 6.07 Å². The first-order valence-corrected chi connectivity index (χ1v) is 4.76. The number of hydrogen-bond donors (Lipinski definition) is 2. The Morgan fingerprint density at radius 3 is 2.85 bits per heavy atom. The number of rotatable bonds is 2. The van der Waals surface area contributed by atoms with Gasteiger partial charge >= 0.3 is 0 Å². The molecule has 0 aromatic carbocycles. The summed E-state index contributed by atoms with van der Waals surface area (Å²) in [6.07, 6.45) is 0. The molecule has 0 saturated heterocycles. The van der Waals surface area contributed by atoms with Crippen molar-refractivity contribution in [1.82, 2.24) is 4.98 Å². The maximum Gasteiger partial charge on any atom is 0.126 e. The van der Waals surface area contributed by atoms with Crippen molar-refractivity contribution in [2.24, 2.45) is 0 Å². The normalized spacial score (nSPS) is 9.54. The van der Waals surface area contributed by atoms with Gasteiger partial charge in [0.2, 0.25) is 0 Å². The number of pyridine rings is 1. The summed E-state index contributed by atoms with van der Waals surface area (Å²) in [4.78, 5) is 4.03. The van der Waals surface area contributed by atoms with E-state index in [4.69, 9.17) is 16.7 Å². The highest BCUT2D eigenvalue weighted by Gasteiger charge is 2.08. The Balaban J connectivity index is 3.23. The SMILES string of the molecule is CCSc1nc(N)cc(N)c1C#N. The summed E-state index contributed by atoms with van der Waals surface area (Å²) in [7, 11) is 0. The molecule has 5 heteroatoms. The molecule has 0 saturated carbocycles. The van der Waals surface area contributed by atoms with E-state index in [0.29, 0.717) is 22.1 Å². The summed E-state index contributed by atoms with van der Waals surface area (Å²) < 4.78 is 0. The van der Waals surface area contributed by atoms with Crippen molar-refractivity contribution in [2.75, 3.05) is 17.2 Å². The highest BCUT2D eigenvalue weighted by atomic mass is 32.2. The van der Waals surface area contributed by atoms with Gasteiger partial charge in [-0.2, -0.15) is 5.26 Å². The molecule has 0 atom stereocenters. The Morgan fingerprint density at radius 1 is 1.62 bits per heavy atom. The minimum Gasteiger partial charge on any atom is -0.397 e. The molecule has 0 aliphatic heterocycles. The first-order valence-electron chi connectivity index (χ1n) is 3.78. The second-order valence-electron chi connectivity index (χ2n) is 2.36. The van der Waals surface area contributed by atoms with Crippen molar-refractivity contribution in [1.29, 1.82) is 5.26 Å². The van der Waals surface area contributed by atoms with Crippen LogP contribution in [0.15, 0.2) is 11.1 Å². The molecule has 0 bridgehead atoms. The highest BCUT2D eigenvalue weighted by Crippen LogP contribution is 2.25. The summed E-state index contributed by atoms with van der Waals surface area (Å²) in [5, 5.41) is 9.41. The maximum absolute atomic E-state index is 8.79. The van der Waals surface area contributed by atoms with Crippen LogP contribution >= 0.6 is 11.8 Å². The van der Waals surface area contributed by atoms with Crippen LogP contribution < -0.4 is 11.5 Å². The molecular weight excluding hydrogens is 184 g/mol. The van der Waals surface area contributed by atoms with Crippen LogP contribution in [0.1, 0.15) is 12.5 Å². The number of nitrogens with zero attached hydrogens (tertiary/aromatic N) is 2. The number of nitrogens with two attached hydrogens (primary N) is 2. The minimum absolute atomic E-state index is 0.354. The standard InChI is InChI=1S/C8H10N4S/c1-2-13-8-5(4-9)6(10)3-7(11)12-8/h3H,2H2,1H3,(H4,10,11,12). The summed E-state index contributed by atoms with van der Waals surface area (Å²) in [5.41, 5.74) is 11.9. The third-order valence-corrected chi connectivity index (χ3v) is 2.29. The summed E-state index contributed by atoms with van der Waals surface area (Å²) in [6.45, 7) is 1.98. The molecule has 0 fully saturated rings. The van der Waals surface area contributed by atoms with Crippen LogP contribution in [0.3, 0.4) is 0 Å². The molecule has 4 nitrogen and oxygen atoms in total. The Morgan fingerprint density at radius 2 is 2.31 bits per heavy atom. The Bertz CT molecular complexity index is 356. The fourth-order valence-electron chi connectivity index (χ4n) is 0.914. The highest BCUT2D eigenvalue weighted by molar-refractivity contribution is 7.99. The van der Waals surface area contributed by atoms with Gasteiger partial charge in [-0.1, -0.05) is 6.92 Å². The van der Waals surface area contributed by atoms with Crippen molar-refractivity contribution >= 4 is 23.3 Å². The average Bonchev–Trinajstić information content (AvgIpc) is 2.04. The number of nitriles is 1. The fourth-order valence-corrected chi connectivity index (χ4v) is 1.67. The molecule has 0 aliphatic rings. The number of thioether (sulfide) groups is 1. The van der Waals surface area contributed by atoms with E-state index >= 15 is 0 Å². The third kappa shape index (κ3) is 2.04. The van der Waals surface area contributed by atoms with Crippen molar-refractivity contribution in [3.63, 3.8) is 0 Å². The third-order valence-electron chi connectivity index (χ3n) is 1.43. The number of aromatic nitrogens is 1. The summed E-state index contributed by atoms with van der Waals surface area (Å²) in [5.74, 6) is 1.19. The summed E-state index contributed by atoms with van der Waals surface area (Å²) >= 11 is 1.46. The Kier molecular flexibility index (Phi) is 2.98. The molecule has 1 aromatic rings. The van der Waals surface area contributed by atoms with E-state index in [-0.39, 0.29) is 0 Å². The first-order chi connectivity index (χ1) is 6.19. The average molecular weight is 194 g/mol. The van der Waals surface area contributed by atoms with Crippen LogP contribution in [0.5, 0.6) is 0 Å². The van der Waals surface area contributed by atoms with Crippen molar-refractivity contribution < 1.29 is 0 Å². The van der Waals surface area contributed by atoms with Crippen LogP contribution in [0.25, 0.3) is 0 Å². The van der Waals surface area contributed by atoms with Gasteiger partial charge in [0.05, 0.1) is 5.69 Å². The van der Waals surface area contributed by atoms with E-state index in [1.165, 1.54) is 17.8 Å². The van der Waals surface area contributed by atoms with Gasteiger partial charge in [-0.15, -0.1) is 11.8 Å². The Hall–Kier alpha value is -1.41. The van der Waals surface area contributed by atoms with E-state index in [1.807, 2.05) is 13.0 Å². The van der Waals surface area contributed by atoms with E-state index in [2.05, 4.69) is 4.98 Å². The molecule has 13 heavy (non-hydrogen) atoms. The lowest BCUT2D eigenvalue weighted by molar-refractivity contribution is 1.12. The second kappa shape index (κ2) is 4.01. The number of anilines is 2. The molecule has 0 unspecified atom stereocenters. The molecule has 1 heterocycles. The van der Waals surface area contributed by atoms with Crippen LogP contribution in [0.4, 0.5) is 11.5 Å². The van der Waals surface area contributed by atoms with Crippen LogP contribution in [-0.2, 0) is 0 Å². The topological polar surface area (TPSA) is 88.7 Å². The van der Waals surface area contributed by atoms with Gasteiger partial charge in [0.15, 0.2) is 0 Å². The number of hydrogen-bond acceptors (Lipinski definition) is 5. The van der Waals surface area contributed by atoms with Crippen LogP contribution in [-0.4, -0.2) is 10.7 Å². The number of nitrogen functional groups attached to an aromatic ring is 2. The fraction of sp³-hybridized carbons (Fsp3) is 0.250. The lowest BCUT2D eigenvalue weighted by atomic mass is 10.2. The quantitative estimate of drug-likeness (QED) is 0.691. The van der Waals surface area contributed by atoms with Gasteiger partial charge in [-0.3, -0.25) is 0 Å². The van der Waals surface area contributed by atoms with Gasteiger partial charge in [-0.25, -0.2) is 4.98 Å². The van der Waals surface area contributed by atoms with E-state index < -0.39 is 0 Å². The molecule has 0 spiro atoms. The van der Waals surface area contributed by atoms with Gasteiger partial charge in [0, 0.05) is 6.07 Å². The zero-order valence-electron chi connectivity index (χ0n) is 7.24. The van der Waals surface area contributed by atoms with Gasteiger partial charge in [0.1, 0.15) is 22.5 Å². The predicted molar refractivity (Wildman–Crippen MR) is 54.2 cm³/mol. The van der Waals surface area contributed by atoms with Crippen LogP contribution in [0, 0.1) is 11.3 Å². The maximum atomic E-state index is 8.79. The monoisotopic (exact) mass is 194 g/mol. The van der Waals surface area contributed by atoms with Crippen molar-refractivity contribution in [3.05, 3.63) is 11.6 Å². The minimum atomic E-state index is 0.354. The molecule has 1 aromatic heterocycles. The van der Waals surface area contributed by atoms with E-state index in [0.717, 1.165) is 5.75 Å². The van der Waals surface area contributed by atoms with Gasteiger partial charge < -0.3 is 11.5 Å². The van der Waals surface area contributed by atoms with E-state index in [9.17, 15) is 0 Å². The van der Waals surface area contributed by atoms with Gasteiger partial charge in [0.25, 0.3) is 0 Å². The second-order valence-corrected chi connectivity index (χ2v) is 3.61.